The Morgan fingerprint density at radius 1 is 0.917 bits per heavy atom. The summed E-state index contributed by atoms with van der Waals surface area (Å²) in [5, 5.41) is 20.6. The van der Waals surface area contributed by atoms with E-state index in [1.54, 1.807) is 7.11 Å². The lowest BCUT2D eigenvalue weighted by Crippen LogP contribution is -2.06. The highest BCUT2D eigenvalue weighted by Gasteiger charge is 2.17. The number of hydrogen-bond acceptors (Lipinski definition) is 4. The SMILES string of the molecule is CCc1c(O)cc(O)c(-c2ccccc2)c1CCOCCCOC. The standard InChI is InChI=1S/C20H26O4/c1-3-16-17(10-13-24-12-7-11-23-2)20(19(22)14-18(16)21)15-8-5-4-6-9-15/h4-6,8-9,14,21-22H,3,7,10-13H2,1-2H3. The zero-order chi connectivity index (χ0) is 17.4. The molecule has 2 rings (SSSR count). The first kappa shape index (κ1) is 18.3. The second kappa shape index (κ2) is 9.30. The molecule has 0 saturated carbocycles. The summed E-state index contributed by atoms with van der Waals surface area (Å²) in [5.41, 5.74) is 3.55. The summed E-state index contributed by atoms with van der Waals surface area (Å²) in [4.78, 5) is 0. The Bertz CT molecular complexity index is 638. The second-order valence-electron chi connectivity index (χ2n) is 5.68. The fourth-order valence-electron chi connectivity index (χ4n) is 2.93. The van der Waals surface area contributed by atoms with Gasteiger partial charge in [0.1, 0.15) is 11.5 Å². The highest BCUT2D eigenvalue weighted by molar-refractivity contribution is 5.76. The van der Waals surface area contributed by atoms with Crippen LogP contribution in [0.2, 0.25) is 0 Å². The van der Waals surface area contributed by atoms with E-state index in [1.165, 1.54) is 6.07 Å². The molecule has 0 aromatic heterocycles. The average molecular weight is 330 g/mol. The van der Waals surface area contributed by atoms with Gasteiger partial charge in [0.15, 0.2) is 0 Å². The van der Waals surface area contributed by atoms with Crippen molar-refractivity contribution < 1.29 is 19.7 Å². The van der Waals surface area contributed by atoms with Gasteiger partial charge in [-0.2, -0.15) is 0 Å². The number of hydrogen-bond donors (Lipinski definition) is 2. The van der Waals surface area contributed by atoms with Gasteiger partial charge < -0.3 is 19.7 Å². The molecule has 0 radical (unpaired) electrons. The van der Waals surface area contributed by atoms with E-state index in [0.29, 0.717) is 32.7 Å². The van der Waals surface area contributed by atoms with Crippen molar-refractivity contribution >= 4 is 0 Å². The molecule has 2 aromatic rings. The van der Waals surface area contributed by atoms with Gasteiger partial charge in [0.2, 0.25) is 0 Å². The van der Waals surface area contributed by atoms with Crippen LogP contribution in [-0.4, -0.2) is 37.1 Å². The molecule has 130 valence electrons. The Kier molecular flexibility index (Phi) is 7.09. The minimum Gasteiger partial charge on any atom is -0.508 e. The average Bonchev–Trinajstić information content (AvgIpc) is 2.58. The Morgan fingerprint density at radius 3 is 2.33 bits per heavy atom. The number of phenols is 2. The molecule has 0 aliphatic rings. The maximum absolute atomic E-state index is 10.4. The monoisotopic (exact) mass is 330 g/mol. The molecular formula is C20H26O4. The quantitative estimate of drug-likeness (QED) is 0.684. The van der Waals surface area contributed by atoms with Crippen LogP contribution < -0.4 is 0 Å². The molecule has 0 amide bonds. The molecule has 2 aromatic carbocycles. The number of phenolic OH excluding ortho intramolecular Hbond substituents is 2. The van der Waals surface area contributed by atoms with E-state index >= 15 is 0 Å². The van der Waals surface area contributed by atoms with Gasteiger partial charge in [0.25, 0.3) is 0 Å². The van der Waals surface area contributed by atoms with Crippen LogP contribution in [0, 0.1) is 0 Å². The summed E-state index contributed by atoms with van der Waals surface area (Å²) in [7, 11) is 1.68. The molecule has 0 heterocycles. The summed E-state index contributed by atoms with van der Waals surface area (Å²) in [6.45, 7) is 3.87. The first-order valence-electron chi connectivity index (χ1n) is 8.37. The van der Waals surface area contributed by atoms with Gasteiger partial charge in [0, 0.05) is 32.0 Å². The predicted octanol–water partition coefficient (Wildman–Crippen LogP) is 3.92. The smallest absolute Gasteiger partial charge is 0.127 e. The second-order valence-corrected chi connectivity index (χ2v) is 5.68. The largest absolute Gasteiger partial charge is 0.508 e. The molecule has 0 saturated heterocycles. The van der Waals surface area contributed by atoms with Crippen molar-refractivity contribution in [3.8, 4) is 22.6 Å². The van der Waals surface area contributed by atoms with Crippen LogP contribution in [0.3, 0.4) is 0 Å². The predicted molar refractivity (Wildman–Crippen MR) is 95.6 cm³/mol. The van der Waals surface area contributed by atoms with E-state index in [-0.39, 0.29) is 11.5 Å². The minimum absolute atomic E-state index is 0.102. The van der Waals surface area contributed by atoms with E-state index in [4.69, 9.17) is 9.47 Å². The van der Waals surface area contributed by atoms with Crippen molar-refractivity contribution in [2.75, 3.05) is 26.9 Å². The van der Waals surface area contributed by atoms with E-state index in [1.807, 2.05) is 37.3 Å². The van der Waals surface area contributed by atoms with E-state index in [0.717, 1.165) is 28.7 Å². The molecule has 0 fully saturated rings. The van der Waals surface area contributed by atoms with Crippen LogP contribution in [0.25, 0.3) is 11.1 Å². The maximum atomic E-state index is 10.4. The molecule has 0 bridgehead atoms. The van der Waals surface area contributed by atoms with Gasteiger partial charge in [-0.15, -0.1) is 0 Å². The van der Waals surface area contributed by atoms with Gasteiger partial charge in [-0.1, -0.05) is 37.3 Å². The van der Waals surface area contributed by atoms with Gasteiger partial charge in [-0.3, -0.25) is 0 Å². The molecule has 0 unspecified atom stereocenters. The topological polar surface area (TPSA) is 58.9 Å². The van der Waals surface area contributed by atoms with Crippen LogP contribution in [0.15, 0.2) is 36.4 Å². The molecule has 0 aliphatic carbocycles. The summed E-state index contributed by atoms with van der Waals surface area (Å²) < 4.78 is 10.7. The van der Waals surface area contributed by atoms with Gasteiger partial charge >= 0.3 is 0 Å². The number of rotatable bonds is 9. The molecular weight excluding hydrogens is 304 g/mol. The minimum atomic E-state index is 0.102. The van der Waals surface area contributed by atoms with Crippen LogP contribution in [0.5, 0.6) is 11.5 Å². The highest BCUT2D eigenvalue weighted by Crippen LogP contribution is 2.39. The number of benzene rings is 2. The Labute approximate surface area is 143 Å². The van der Waals surface area contributed by atoms with Gasteiger partial charge in [-0.05, 0) is 36.0 Å². The van der Waals surface area contributed by atoms with Crippen molar-refractivity contribution in [2.24, 2.45) is 0 Å². The Morgan fingerprint density at radius 2 is 1.67 bits per heavy atom. The van der Waals surface area contributed by atoms with Gasteiger partial charge in [0.05, 0.1) is 6.61 Å². The van der Waals surface area contributed by atoms with Crippen molar-refractivity contribution in [1.29, 1.82) is 0 Å². The van der Waals surface area contributed by atoms with Crippen molar-refractivity contribution in [1.82, 2.24) is 0 Å². The summed E-state index contributed by atoms with van der Waals surface area (Å²) in [5.74, 6) is 0.245. The van der Waals surface area contributed by atoms with E-state index in [2.05, 4.69) is 0 Å². The number of methoxy groups -OCH3 is 1. The molecule has 0 spiro atoms. The molecule has 2 N–H and O–H groups in total. The zero-order valence-electron chi connectivity index (χ0n) is 14.4. The molecule has 4 nitrogen and oxygen atoms in total. The highest BCUT2D eigenvalue weighted by atomic mass is 16.5. The van der Waals surface area contributed by atoms with Crippen molar-refractivity contribution in [3.05, 3.63) is 47.5 Å². The Balaban J connectivity index is 2.26. The van der Waals surface area contributed by atoms with Crippen LogP contribution in [-0.2, 0) is 22.3 Å². The van der Waals surface area contributed by atoms with Crippen molar-refractivity contribution in [3.63, 3.8) is 0 Å². The third-order valence-electron chi connectivity index (χ3n) is 4.05. The summed E-state index contributed by atoms with van der Waals surface area (Å²) >= 11 is 0. The summed E-state index contributed by atoms with van der Waals surface area (Å²) in [6.07, 6.45) is 2.20. The fraction of sp³-hybridized carbons (Fsp3) is 0.400. The first-order valence-corrected chi connectivity index (χ1v) is 8.37. The molecule has 24 heavy (non-hydrogen) atoms. The van der Waals surface area contributed by atoms with Crippen molar-refractivity contribution in [2.45, 2.75) is 26.2 Å². The summed E-state index contributed by atoms with van der Waals surface area (Å²) in [6, 6.07) is 11.2. The lowest BCUT2D eigenvalue weighted by Gasteiger charge is -2.18. The number of ether oxygens (including phenoxy) is 2. The lowest BCUT2D eigenvalue weighted by molar-refractivity contribution is 0.105. The normalized spacial score (nSPS) is 10.9. The zero-order valence-corrected chi connectivity index (χ0v) is 14.4. The first-order chi connectivity index (χ1) is 11.7. The van der Waals surface area contributed by atoms with Crippen LogP contribution in [0.1, 0.15) is 24.5 Å². The third kappa shape index (κ3) is 4.49. The lowest BCUT2D eigenvalue weighted by atomic mass is 9.91. The van der Waals surface area contributed by atoms with Gasteiger partial charge in [-0.25, -0.2) is 0 Å². The fourth-order valence-corrected chi connectivity index (χ4v) is 2.93. The molecule has 4 heteroatoms. The van der Waals surface area contributed by atoms with Crippen LogP contribution in [0.4, 0.5) is 0 Å². The van der Waals surface area contributed by atoms with E-state index < -0.39 is 0 Å². The molecule has 0 atom stereocenters. The third-order valence-corrected chi connectivity index (χ3v) is 4.05. The Hall–Kier alpha value is -2.04. The van der Waals surface area contributed by atoms with E-state index in [9.17, 15) is 10.2 Å². The maximum Gasteiger partial charge on any atom is 0.127 e. The molecule has 0 aliphatic heterocycles. The number of aromatic hydroxyl groups is 2. The van der Waals surface area contributed by atoms with Crippen LogP contribution >= 0.6 is 0 Å².